The first-order valence-corrected chi connectivity index (χ1v) is 8.55. The first kappa shape index (κ1) is 18.1. The first-order chi connectivity index (χ1) is 12.5. The van der Waals surface area contributed by atoms with E-state index in [1.807, 2.05) is 44.9 Å². The van der Waals surface area contributed by atoms with E-state index in [9.17, 15) is 0 Å². The number of nitrogens with zero attached hydrogens (tertiary/aromatic N) is 5. The van der Waals surface area contributed by atoms with Crippen molar-refractivity contribution in [3.8, 4) is 17.3 Å². The highest BCUT2D eigenvalue weighted by Crippen LogP contribution is 2.28. The second-order valence-corrected chi connectivity index (χ2v) is 6.50. The van der Waals surface area contributed by atoms with E-state index in [4.69, 9.17) is 9.47 Å². The largest absolute Gasteiger partial charge is 0.475 e. The second kappa shape index (κ2) is 7.65. The molecule has 0 aromatic carbocycles. The third kappa shape index (κ3) is 3.91. The van der Waals surface area contributed by atoms with Gasteiger partial charge in [-0.05, 0) is 20.8 Å². The van der Waals surface area contributed by atoms with Crippen molar-refractivity contribution in [1.82, 2.24) is 25.1 Å². The molecular formula is C18H24N6O2. The summed E-state index contributed by atoms with van der Waals surface area (Å²) in [6, 6.07) is 3.80. The molecule has 1 N–H and O–H groups in total. The average molecular weight is 356 g/mol. The molecule has 26 heavy (non-hydrogen) atoms. The molecule has 0 saturated heterocycles. The van der Waals surface area contributed by atoms with Crippen molar-refractivity contribution in [3.05, 3.63) is 24.7 Å². The van der Waals surface area contributed by atoms with Gasteiger partial charge in [0.15, 0.2) is 0 Å². The van der Waals surface area contributed by atoms with Gasteiger partial charge >= 0.3 is 0 Å². The van der Waals surface area contributed by atoms with Crippen LogP contribution in [0.25, 0.3) is 22.3 Å². The molecule has 0 aliphatic carbocycles. The van der Waals surface area contributed by atoms with Crippen LogP contribution in [0.1, 0.15) is 20.8 Å². The molecule has 3 aromatic rings. The minimum absolute atomic E-state index is 0.0531. The molecule has 1 unspecified atom stereocenters. The Balaban J connectivity index is 1.94. The lowest BCUT2D eigenvalue weighted by molar-refractivity contribution is 0.124. The van der Waals surface area contributed by atoms with E-state index in [-0.39, 0.29) is 12.2 Å². The third-order valence-electron chi connectivity index (χ3n) is 4.00. The summed E-state index contributed by atoms with van der Waals surface area (Å²) in [6.07, 6.45) is 3.42. The summed E-state index contributed by atoms with van der Waals surface area (Å²) in [5, 5.41) is 8.31. The summed E-state index contributed by atoms with van der Waals surface area (Å²) in [6.45, 7) is 6.68. The van der Waals surface area contributed by atoms with Crippen LogP contribution < -0.4 is 9.64 Å². The maximum Gasteiger partial charge on any atom is 0.214 e. The van der Waals surface area contributed by atoms with Crippen molar-refractivity contribution in [2.45, 2.75) is 33.0 Å². The van der Waals surface area contributed by atoms with E-state index in [1.54, 1.807) is 19.6 Å². The van der Waals surface area contributed by atoms with Gasteiger partial charge in [-0.1, -0.05) is 0 Å². The highest BCUT2D eigenvalue weighted by atomic mass is 16.5. The number of aromatic nitrogens is 5. The summed E-state index contributed by atoms with van der Waals surface area (Å²) in [5.41, 5.74) is 2.31. The molecule has 138 valence electrons. The summed E-state index contributed by atoms with van der Waals surface area (Å²) in [7, 11) is 3.67. The Morgan fingerprint density at radius 3 is 2.69 bits per heavy atom. The zero-order valence-electron chi connectivity index (χ0n) is 15.7. The number of rotatable bonds is 7. The van der Waals surface area contributed by atoms with Crippen molar-refractivity contribution in [2.75, 3.05) is 25.6 Å². The maximum absolute atomic E-state index is 5.69. The van der Waals surface area contributed by atoms with Gasteiger partial charge in [0.2, 0.25) is 5.88 Å². The number of nitrogens with one attached hydrogen (secondary N) is 1. The molecule has 0 radical (unpaired) electrons. The fourth-order valence-electron chi connectivity index (χ4n) is 2.64. The predicted molar refractivity (Wildman–Crippen MR) is 100 cm³/mol. The van der Waals surface area contributed by atoms with Crippen molar-refractivity contribution >= 4 is 16.7 Å². The van der Waals surface area contributed by atoms with Crippen molar-refractivity contribution in [3.63, 3.8) is 0 Å². The fourth-order valence-corrected chi connectivity index (χ4v) is 2.64. The molecule has 0 spiro atoms. The normalized spacial score (nSPS) is 12.5. The summed E-state index contributed by atoms with van der Waals surface area (Å²) in [4.78, 5) is 15.1. The number of anilines is 1. The maximum atomic E-state index is 5.69. The van der Waals surface area contributed by atoms with Crippen LogP contribution in [0.5, 0.6) is 5.88 Å². The molecular weight excluding hydrogens is 332 g/mol. The van der Waals surface area contributed by atoms with Gasteiger partial charge in [0.05, 0.1) is 29.6 Å². The Morgan fingerprint density at radius 1 is 1.15 bits per heavy atom. The second-order valence-electron chi connectivity index (χ2n) is 6.50. The fraction of sp³-hybridized carbons (Fsp3) is 0.444. The molecule has 0 saturated carbocycles. The van der Waals surface area contributed by atoms with Crippen LogP contribution in [-0.2, 0) is 4.74 Å². The van der Waals surface area contributed by atoms with E-state index in [2.05, 4.69) is 25.1 Å². The highest BCUT2D eigenvalue weighted by molar-refractivity contribution is 5.92. The average Bonchev–Trinajstić information content (AvgIpc) is 3.04. The van der Waals surface area contributed by atoms with Gasteiger partial charge in [0.1, 0.15) is 17.8 Å². The van der Waals surface area contributed by atoms with Crippen LogP contribution in [0.3, 0.4) is 0 Å². The van der Waals surface area contributed by atoms with Crippen LogP contribution in [0.15, 0.2) is 24.7 Å². The Bertz CT molecular complexity index is 879. The zero-order valence-corrected chi connectivity index (χ0v) is 15.7. The van der Waals surface area contributed by atoms with E-state index in [0.29, 0.717) is 5.88 Å². The van der Waals surface area contributed by atoms with Crippen molar-refractivity contribution in [1.29, 1.82) is 0 Å². The molecule has 3 rings (SSSR count). The molecule has 0 aliphatic heterocycles. The lowest BCUT2D eigenvalue weighted by atomic mass is 10.2. The van der Waals surface area contributed by atoms with E-state index in [1.165, 1.54) is 0 Å². The predicted octanol–water partition coefficient (Wildman–Crippen LogP) is 2.67. The van der Waals surface area contributed by atoms with Crippen LogP contribution in [0.4, 0.5) is 5.82 Å². The zero-order chi connectivity index (χ0) is 18.7. The SMILES string of the molecule is COC(C)CN(C)c1cc(-c2n[nH]c3cnc(OC(C)C)cc23)ncn1. The Kier molecular flexibility index (Phi) is 5.32. The number of pyridine rings is 1. The number of methoxy groups -OCH3 is 1. The monoisotopic (exact) mass is 356 g/mol. The quantitative estimate of drug-likeness (QED) is 0.696. The summed E-state index contributed by atoms with van der Waals surface area (Å²) < 4.78 is 11.0. The Labute approximate surface area is 152 Å². The molecule has 0 fully saturated rings. The lowest BCUT2D eigenvalue weighted by Crippen LogP contribution is -2.28. The third-order valence-corrected chi connectivity index (χ3v) is 4.00. The number of H-pyrrole nitrogens is 1. The van der Waals surface area contributed by atoms with Crippen LogP contribution in [0, 0.1) is 0 Å². The van der Waals surface area contributed by atoms with Gasteiger partial charge in [-0.2, -0.15) is 5.10 Å². The minimum Gasteiger partial charge on any atom is -0.475 e. The standard InChI is InChI=1S/C18H24N6O2/c1-11(2)26-17-6-13-15(8-19-17)22-23-18(13)14-7-16(21-10-20-14)24(4)9-12(3)25-5/h6-8,10-12H,9H2,1-5H3,(H,22,23). The van der Waals surface area contributed by atoms with Crippen molar-refractivity contribution < 1.29 is 9.47 Å². The number of fused-ring (bicyclic) bond motifs is 1. The molecule has 8 heteroatoms. The topological polar surface area (TPSA) is 89.0 Å². The Hall–Kier alpha value is -2.74. The van der Waals surface area contributed by atoms with Crippen LogP contribution >= 0.6 is 0 Å². The number of hydrogen-bond donors (Lipinski definition) is 1. The van der Waals surface area contributed by atoms with Crippen LogP contribution in [-0.4, -0.2) is 58.1 Å². The summed E-state index contributed by atoms with van der Waals surface area (Å²) >= 11 is 0. The van der Waals surface area contributed by atoms with Gasteiger partial charge in [0, 0.05) is 38.2 Å². The molecule has 8 nitrogen and oxygen atoms in total. The molecule has 1 atom stereocenters. The number of hydrogen-bond acceptors (Lipinski definition) is 7. The van der Waals surface area contributed by atoms with Gasteiger partial charge < -0.3 is 14.4 Å². The van der Waals surface area contributed by atoms with Gasteiger partial charge in [-0.15, -0.1) is 0 Å². The Morgan fingerprint density at radius 2 is 1.96 bits per heavy atom. The highest BCUT2D eigenvalue weighted by Gasteiger charge is 2.14. The van der Waals surface area contributed by atoms with Gasteiger partial charge in [-0.25, -0.2) is 15.0 Å². The molecule has 3 heterocycles. The van der Waals surface area contributed by atoms with Gasteiger partial charge in [-0.3, -0.25) is 5.10 Å². The van der Waals surface area contributed by atoms with Crippen molar-refractivity contribution in [2.24, 2.45) is 0 Å². The first-order valence-electron chi connectivity index (χ1n) is 8.55. The lowest BCUT2D eigenvalue weighted by Gasteiger charge is -2.21. The number of ether oxygens (including phenoxy) is 2. The smallest absolute Gasteiger partial charge is 0.214 e. The molecule has 3 aromatic heterocycles. The van der Waals surface area contributed by atoms with E-state index in [0.717, 1.165) is 34.7 Å². The molecule has 0 bridgehead atoms. The van der Waals surface area contributed by atoms with E-state index >= 15 is 0 Å². The van der Waals surface area contributed by atoms with E-state index < -0.39 is 0 Å². The summed E-state index contributed by atoms with van der Waals surface area (Å²) in [5.74, 6) is 1.37. The number of aromatic amines is 1. The molecule has 0 aliphatic rings. The molecule has 0 amide bonds. The van der Waals surface area contributed by atoms with Crippen LogP contribution in [0.2, 0.25) is 0 Å². The van der Waals surface area contributed by atoms with Gasteiger partial charge in [0.25, 0.3) is 0 Å². The minimum atomic E-state index is 0.0531. The number of likely N-dealkylation sites (N-methyl/N-ethyl adjacent to an activating group) is 1.